The van der Waals surface area contributed by atoms with Crippen LogP contribution in [0.15, 0.2) is 36.4 Å². The largest absolute Gasteiger partial charge is 0.454 e. The minimum atomic E-state index is 0.281. The van der Waals surface area contributed by atoms with Gasteiger partial charge in [-0.3, -0.25) is 0 Å². The Hall–Kier alpha value is -2.38. The highest BCUT2D eigenvalue weighted by Gasteiger charge is 2.17. The molecule has 4 aromatic rings. The molecule has 0 radical (unpaired) electrons. The van der Waals surface area contributed by atoms with E-state index in [1.54, 1.807) is 22.7 Å². The number of thiazole rings is 2. The average molecular weight is 327 g/mol. The lowest BCUT2D eigenvalue weighted by atomic mass is 10.3. The number of hydrogen-bond acceptors (Lipinski definition) is 7. The van der Waals surface area contributed by atoms with Crippen molar-refractivity contribution in [3.8, 4) is 11.5 Å². The van der Waals surface area contributed by atoms with E-state index in [2.05, 4.69) is 21.4 Å². The van der Waals surface area contributed by atoms with Gasteiger partial charge in [0.1, 0.15) is 0 Å². The van der Waals surface area contributed by atoms with Crippen LogP contribution in [0.1, 0.15) is 0 Å². The first-order valence-electron chi connectivity index (χ1n) is 6.68. The zero-order valence-corrected chi connectivity index (χ0v) is 12.8. The molecule has 1 aliphatic rings. The standard InChI is InChI=1S/C15H9N3O2S2/c1-2-4-12-8(3-1)16-14(21-12)18-15-17-9-5-10-11(20-7-19-10)6-13(9)22-15/h1-6H,7H2,(H,16,17,18). The molecule has 5 nitrogen and oxygen atoms in total. The first kappa shape index (κ1) is 12.2. The van der Waals surface area contributed by atoms with Gasteiger partial charge < -0.3 is 14.8 Å². The Labute approximate surface area is 133 Å². The van der Waals surface area contributed by atoms with Crippen LogP contribution in [0.2, 0.25) is 0 Å². The molecule has 1 aliphatic heterocycles. The lowest BCUT2D eigenvalue weighted by Crippen LogP contribution is -1.92. The van der Waals surface area contributed by atoms with Crippen molar-refractivity contribution in [2.75, 3.05) is 12.1 Å². The molecule has 0 amide bonds. The lowest BCUT2D eigenvalue weighted by molar-refractivity contribution is 0.174. The fourth-order valence-electron chi connectivity index (χ4n) is 2.39. The van der Waals surface area contributed by atoms with Crippen LogP contribution in [0, 0.1) is 0 Å². The summed E-state index contributed by atoms with van der Waals surface area (Å²) >= 11 is 3.20. The van der Waals surface area contributed by atoms with E-state index in [9.17, 15) is 0 Å². The van der Waals surface area contributed by atoms with E-state index in [0.29, 0.717) is 0 Å². The number of anilines is 2. The van der Waals surface area contributed by atoms with Crippen LogP contribution in [0.3, 0.4) is 0 Å². The summed E-state index contributed by atoms with van der Waals surface area (Å²) in [5.74, 6) is 1.53. The molecule has 0 atom stereocenters. The van der Waals surface area contributed by atoms with Gasteiger partial charge in [0.05, 0.1) is 20.4 Å². The summed E-state index contributed by atoms with van der Waals surface area (Å²) in [4.78, 5) is 9.16. The van der Waals surface area contributed by atoms with Gasteiger partial charge in [-0.25, -0.2) is 9.97 Å². The molecule has 7 heteroatoms. The number of fused-ring (bicyclic) bond motifs is 3. The normalized spacial score (nSPS) is 13.1. The maximum atomic E-state index is 5.40. The first-order chi connectivity index (χ1) is 10.8. The number of hydrogen-bond donors (Lipinski definition) is 1. The summed E-state index contributed by atoms with van der Waals surface area (Å²) in [7, 11) is 0. The number of rotatable bonds is 2. The van der Waals surface area contributed by atoms with Gasteiger partial charge in [-0.1, -0.05) is 34.8 Å². The van der Waals surface area contributed by atoms with E-state index in [1.807, 2.05) is 30.3 Å². The molecule has 0 unspecified atom stereocenters. The van der Waals surface area contributed by atoms with E-state index in [4.69, 9.17) is 9.47 Å². The maximum Gasteiger partial charge on any atom is 0.231 e. The Morgan fingerprint density at radius 3 is 2.45 bits per heavy atom. The van der Waals surface area contributed by atoms with E-state index < -0.39 is 0 Å². The van der Waals surface area contributed by atoms with Gasteiger partial charge in [0.15, 0.2) is 21.8 Å². The van der Waals surface area contributed by atoms with E-state index >= 15 is 0 Å². The molecule has 0 bridgehead atoms. The van der Waals surface area contributed by atoms with E-state index in [0.717, 1.165) is 42.2 Å². The molecule has 0 saturated heterocycles. The summed E-state index contributed by atoms with van der Waals surface area (Å²) in [5.41, 5.74) is 1.90. The number of nitrogens with one attached hydrogen (secondary N) is 1. The van der Waals surface area contributed by atoms with Crippen LogP contribution in [-0.4, -0.2) is 16.8 Å². The number of nitrogens with zero attached hydrogens (tertiary/aromatic N) is 2. The van der Waals surface area contributed by atoms with Crippen molar-refractivity contribution in [1.29, 1.82) is 0 Å². The summed E-state index contributed by atoms with van der Waals surface area (Å²) < 4.78 is 13.0. The fourth-order valence-corrected chi connectivity index (χ4v) is 4.19. The Bertz CT molecular complexity index is 935. The van der Waals surface area contributed by atoms with Crippen molar-refractivity contribution in [2.45, 2.75) is 0 Å². The van der Waals surface area contributed by atoms with Gasteiger partial charge >= 0.3 is 0 Å². The first-order valence-corrected chi connectivity index (χ1v) is 8.31. The summed E-state index contributed by atoms with van der Waals surface area (Å²) in [6.45, 7) is 0.281. The topological polar surface area (TPSA) is 56.3 Å². The fraction of sp³-hybridized carbons (Fsp3) is 0.0667. The van der Waals surface area contributed by atoms with Gasteiger partial charge in [-0.05, 0) is 12.1 Å². The van der Waals surface area contributed by atoms with E-state index in [1.165, 1.54) is 0 Å². The highest BCUT2D eigenvalue weighted by molar-refractivity contribution is 7.24. The molecule has 0 saturated carbocycles. The molecule has 3 heterocycles. The molecular weight excluding hydrogens is 318 g/mol. The predicted molar refractivity (Wildman–Crippen MR) is 88.6 cm³/mol. The Morgan fingerprint density at radius 2 is 1.59 bits per heavy atom. The Morgan fingerprint density at radius 1 is 0.864 bits per heavy atom. The van der Waals surface area contributed by atoms with Crippen molar-refractivity contribution < 1.29 is 9.47 Å². The van der Waals surface area contributed by atoms with Crippen LogP contribution < -0.4 is 14.8 Å². The number of aromatic nitrogens is 2. The molecule has 5 rings (SSSR count). The van der Waals surface area contributed by atoms with Gasteiger partial charge in [0, 0.05) is 12.1 Å². The monoisotopic (exact) mass is 327 g/mol. The van der Waals surface area contributed by atoms with Crippen LogP contribution in [-0.2, 0) is 0 Å². The third-order valence-corrected chi connectivity index (χ3v) is 5.28. The van der Waals surface area contributed by atoms with Gasteiger partial charge in [-0.2, -0.15) is 0 Å². The third kappa shape index (κ3) is 1.90. The van der Waals surface area contributed by atoms with E-state index in [-0.39, 0.29) is 6.79 Å². The number of ether oxygens (including phenoxy) is 2. The predicted octanol–water partition coefficient (Wildman–Crippen LogP) is 4.38. The zero-order chi connectivity index (χ0) is 14.5. The number of benzene rings is 2. The highest BCUT2D eigenvalue weighted by atomic mass is 32.1. The minimum Gasteiger partial charge on any atom is -0.454 e. The SMILES string of the molecule is c1ccc2sc(Nc3nc4cc5c(cc4s3)OCO5)nc2c1. The second-order valence-electron chi connectivity index (χ2n) is 4.80. The van der Waals surface area contributed by atoms with Crippen LogP contribution in [0.25, 0.3) is 20.4 Å². The lowest BCUT2D eigenvalue weighted by Gasteiger charge is -1.93. The molecule has 0 aliphatic carbocycles. The summed E-state index contributed by atoms with van der Waals surface area (Å²) in [6, 6.07) is 12.0. The average Bonchev–Trinajstić information content (AvgIpc) is 3.20. The molecular formula is C15H9N3O2S2. The Balaban J connectivity index is 1.53. The Kier molecular flexibility index (Phi) is 2.53. The van der Waals surface area contributed by atoms with Gasteiger partial charge in [0.2, 0.25) is 6.79 Å². The molecule has 108 valence electrons. The van der Waals surface area contributed by atoms with Crippen molar-refractivity contribution in [3.63, 3.8) is 0 Å². The molecule has 0 fully saturated rings. The van der Waals surface area contributed by atoms with Crippen LogP contribution >= 0.6 is 22.7 Å². The smallest absolute Gasteiger partial charge is 0.231 e. The van der Waals surface area contributed by atoms with Crippen molar-refractivity contribution in [3.05, 3.63) is 36.4 Å². The molecule has 2 aromatic carbocycles. The van der Waals surface area contributed by atoms with Gasteiger partial charge in [0.25, 0.3) is 0 Å². The molecule has 22 heavy (non-hydrogen) atoms. The van der Waals surface area contributed by atoms with Crippen molar-refractivity contribution in [1.82, 2.24) is 9.97 Å². The molecule has 2 aromatic heterocycles. The van der Waals surface area contributed by atoms with Crippen molar-refractivity contribution >= 4 is 53.4 Å². The quantitative estimate of drug-likeness (QED) is 0.592. The van der Waals surface area contributed by atoms with Crippen LogP contribution in [0.5, 0.6) is 11.5 Å². The molecule has 1 N–H and O–H groups in total. The van der Waals surface area contributed by atoms with Crippen LogP contribution in [0.4, 0.5) is 10.3 Å². The second kappa shape index (κ2) is 4.56. The molecule has 0 spiro atoms. The second-order valence-corrected chi connectivity index (χ2v) is 6.87. The maximum absolute atomic E-state index is 5.40. The summed E-state index contributed by atoms with van der Waals surface area (Å²) in [6.07, 6.45) is 0. The minimum absolute atomic E-state index is 0.281. The third-order valence-electron chi connectivity index (χ3n) is 3.39. The zero-order valence-electron chi connectivity index (χ0n) is 11.2. The highest BCUT2D eigenvalue weighted by Crippen LogP contribution is 2.39. The van der Waals surface area contributed by atoms with Crippen molar-refractivity contribution in [2.24, 2.45) is 0 Å². The summed E-state index contributed by atoms with van der Waals surface area (Å²) in [5, 5.41) is 4.96. The van der Waals surface area contributed by atoms with Gasteiger partial charge in [-0.15, -0.1) is 0 Å². The number of para-hydroxylation sites is 1.